The maximum absolute atomic E-state index is 15.0. The summed E-state index contributed by atoms with van der Waals surface area (Å²) in [6.07, 6.45) is -3.76. The molecule has 3 saturated heterocycles. The molecule has 1 aromatic rings. The number of carbonyl (C=O) groups is 11. The summed E-state index contributed by atoms with van der Waals surface area (Å²) in [5, 5.41) is 20.1. The number of ketones is 2. The largest absolute Gasteiger partial charge is 0.497 e. The molecular formula is C57H87N7O15. The van der Waals surface area contributed by atoms with Crippen molar-refractivity contribution in [1.82, 2.24) is 35.6 Å². The Labute approximate surface area is 465 Å². The van der Waals surface area contributed by atoms with Crippen LogP contribution in [0.4, 0.5) is 0 Å². The normalized spacial score (nSPS) is 27.2. The van der Waals surface area contributed by atoms with Crippen LogP contribution in [0.1, 0.15) is 133 Å². The number of esters is 2. The number of Topliss-reactive ketones (excluding diaryl/α,β-unsaturated/α-hetero) is 2. The first-order valence-corrected chi connectivity index (χ1v) is 27.9. The minimum Gasteiger partial charge on any atom is -0.497 e. The number of likely N-dealkylation sites (N-methyl/N-ethyl adjacent to an activating group) is 2. The van der Waals surface area contributed by atoms with Crippen molar-refractivity contribution in [2.24, 2.45) is 29.6 Å². The summed E-state index contributed by atoms with van der Waals surface area (Å²) in [5.41, 5.74) is 0.566. The van der Waals surface area contributed by atoms with Crippen molar-refractivity contribution in [2.45, 2.75) is 195 Å². The molecule has 2 unspecified atom stereocenters. The Morgan fingerprint density at radius 2 is 1.49 bits per heavy atom. The zero-order valence-electron chi connectivity index (χ0n) is 48.7. The summed E-state index contributed by atoms with van der Waals surface area (Å²) in [6.45, 7) is 18.1. The summed E-state index contributed by atoms with van der Waals surface area (Å²) in [5.74, 6) is -11.3. The number of aliphatic hydroxyl groups excluding tert-OH is 1. The van der Waals surface area contributed by atoms with Crippen LogP contribution >= 0.6 is 0 Å². The van der Waals surface area contributed by atoms with Crippen LogP contribution in [0.25, 0.3) is 0 Å². The Morgan fingerprint density at radius 1 is 0.861 bits per heavy atom. The molecule has 0 spiro atoms. The van der Waals surface area contributed by atoms with Crippen molar-refractivity contribution >= 4 is 64.9 Å². The Morgan fingerprint density at radius 3 is 2.06 bits per heavy atom. The predicted octanol–water partition coefficient (Wildman–Crippen LogP) is 2.52. The van der Waals surface area contributed by atoms with Gasteiger partial charge >= 0.3 is 11.9 Å². The van der Waals surface area contributed by atoms with Gasteiger partial charge in [0.25, 0.3) is 5.91 Å². The Kier molecular flexibility index (Phi) is 24.0. The molecule has 12 atom stereocenters. The molecule has 0 radical (unpaired) electrons. The van der Waals surface area contributed by atoms with Crippen LogP contribution in [-0.4, -0.2) is 184 Å². The van der Waals surface area contributed by atoms with Gasteiger partial charge in [0.15, 0.2) is 11.9 Å². The smallest absolute Gasteiger partial charge is 0.329 e. The van der Waals surface area contributed by atoms with Crippen molar-refractivity contribution in [2.75, 3.05) is 34.3 Å². The van der Waals surface area contributed by atoms with Gasteiger partial charge in [0.1, 0.15) is 48.1 Å². The van der Waals surface area contributed by atoms with Crippen LogP contribution < -0.4 is 20.7 Å². The lowest BCUT2D eigenvalue weighted by Gasteiger charge is -2.36. The average molecular weight is 1110 g/mol. The van der Waals surface area contributed by atoms with E-state index in [2.05, 4.69) is 16.0 Å². The van der Waals surface area contributed by atoms with Crippen molar-refractivity contribution < 1.29 is 72.1 Å². The number of hydrogen-bond donors (Lipinski definition) is 4. The maximum atomic E-state index is 15.0. The van der Waals surface area contributed by atoms with E-state index in [9.17, 15) is 57.8 Å². The monoisotopic (exact) mass is 1110 g/mol. The second-order valence-corrected chi connectivity index (χ2v) is 22.8. The number of benzene rings is 1. The SMILES string of the molecule is CC[C@H](C)C1NC(=O)[C@H](NC(=O)[C@@H](CC(C)C)N(C)C(=O)[C@@H]2CCCN2C(=O)C(C)=O)[C@H](C)OC(=O)C(Cc2ccc(OC)cc2)N(C)C(=O)[C@@H]2CCCN2C(=O)[C@H](CC(C)C)NC(=O)[C@H](C)C(=O)[C@H](C(C)C)OC(=O)C[C@@H]1O. The van der Waals surface area contributed by atoms with Crippen molar-refractivity contribution in [3.05, 3.63) is 29.8 Å². The van der Waals surface area contributed by atoms with Gasteiger partial charge in [-0.1, -0.05) is 73.9 Å². The van der Waals surface area contributed by atoms with Crippen LogP contribution in [0.2, 0.25) is 0 Å². The molecule has 0 aromatic heterocycles. The molecule has 7 amide bonds. The first kappa shape index (κ1) is 65.1. The zero-order valence-corrected chi connectivity index (χ0v) is 48.7. The number of carbonyl (C=O) groups excluding carboxylic acids is 11. The first-order valence-electron chi connectivity index (χ1n) is 27.9. The summed E-state index contributed by atoms with van der Waals surface area (Å²) in [7, 11) is 4.26. The fourth-order valence-corrected chi connectivity index (χ4v) is 10.5. The van der Waals surface area contributed by atoms with E-state index in [0.29, 0.717) is 30.6 Å². The number of nitrogens with one attached hydrogen (secondary N) is 3. The van der Waals surface area contributed by atoms with E-state index in [-0.39, 0.29) is 57.0 Å². The molecule has 3 heterocycles. The van der Waals surface area contributed by atoms with Crippen molar-refractivity contribution in [1.29, 1.82) is 0 Å². The minimum atomic E-state index is -1.78. The number of amides is 7. The van der Waals surface area contributed by atoms with Gasteiger partial charge in [-0.15, -0.1) is 0 Å². The van der Waals surface area contributed by atoms with Gasteiger partial charge < -0.3 is 54.9 Å². The van der Waals surface area contributed by atoms with Crippen LogP contribution in [0.15, 0.2) is 24.3 Å². The van der Waals surface area contributed by atoms with E-state index in [1.807, 2.05) is 27.7 Å². The Bertz CT molecular complexity index is 2380. The molecular weight excluding hydrogens is 1020 g/mol. The summed E-state index contributed by atoms with van der Waals surface area (Å²) >= 11 is 0. The number of likely N-dealkylation sites (tertiary alicyclic amines) is 1. The third-order valence-corrected chi connectivity index (χ3v) is 15.4. The molecule has 22 nitrogen and oxygen atoms in total. The highest BCUT2D eigenvalue weighted by molar-refractivity contribution is 6.35. The molecule has 0 saturated carbocycles. The maximum Gasteiger partial charge on any atom is 0.329 e. The molecule has 1 aromatic carbocycles. The average Bonchev–Trinajstić information content (AvgIpc) is 4.13. The standard InChI is InChI=1S/C57H87N7O15/c1-15-33(8)46-44(66)29-45(67)79-49(32(6)7)48(68)34(9)50(69)58-39(26-30(2)3)54(73)64-25-17-19-41(64)56(75)62(13)43(28-37-20-22-38(77-14)23-21-37)57(76)78-36(11)47(52(71)59-46)60-51(70)42(27-31(4)5)61(12)55(74)40-18-16-24-63(40)53(72)35(10)65/h20-23,30-34,36,39-44,46-47,49,66H,15-19,24-29H2,1-14H3,(H,58,69)(H,59,71)(H,60,70)/t33-,34+,36-,39-,40-,41-,42+,43?,44-,46?,47+,49-/m0/s1. The molecule has 4 N–H and O–H groups in total. The lowest BCUT2D eigenvalue weighted by Crippen LogP contribution is -2.62. The van der Waals surface area contributed by atoms with E-state index in [1.54, 1.807) is 52.0 Å². The van der Waals surface area contributed by atoms with Crippen LogP contribution in [0, 0.1) is 29.6 Å². The van der Waals surface area contributed by atoms with Gasteiger partial charge in [0.2, 0.25) is 41.2 Å². The highest BCUT2D eigenvalue weighted by Gasteiger charge is 2.46. The van der Waals surface area contributed by atoms with Gasteiger partial charge in [-0.2, -0.15) is 0 Å². The van der Waals surface area contributed by atoms with Crippen LogP contribution in [0.5, 0.6) is 5.75 Å². The first-order chi connectivity index (χ1) is 37.0. The van der Waals surface area contributed by atoms with Gasteiger partial charge in [-0.3, -0.25) is 47.9 Å². The molecule has 3 fully saturated rings. The number of fused-ring (bicyclic) bond motifs is 1. The quantitative estimate of drug-likeness (QED) is 0.112. The van der Waals surface area contributed by atoms with E-state index in [4.69, 9.17) is 14.2 Å². The summed E-state index contributed by atoms with van der Waals surface area (Å²) < 4.78 is 17.2. The minimum absolute atomic E-state index is 0.0545. The van der Waals surface area contributed by atoms with Gasteiger partial charge in [-0.25, -0.2) is 4.79 Å². The van der Waals surface area contributed by atoms with E-state index < -0.39 is 150 Å². The second kappa shape index (κ2) is 29.1. The van der Waals surface area contributed by atoms with Crippen molar-refractivity contribution in [3.8, 4) is 5.75 Å². The number of rotatable bonds is 15. The molecule has 79 heavy (non-hydrogen) atoms. The van der Waals surface area contributed by atoms with Gasteiger partial charge in [-0.05, 0) is 93.7 Å². The Hall–Kier alpha value is -6.45. The van der Waals surface area contributed by atoms with E-state index in [1.165, 1.54) is 54.7 Å². The van der Waals surface area contributed by atoms with Gasteiger partial charge in [0, 0.05) is 40.5 Å². The van der Waals surface area contributed by atoms with Gasteiger partial charge in [0.05, 0.1) is 31.6 Å². The predicted molar refractivity (Wildman–Crippen MR) is 289 cm³/mol. The fourth-order valence-electron chi connectivity index (χ4n) is 10.5. The molecule has 22 heteroatoms. The molecule has 440 valence electrons. The highest BCUT2D eigenvalue weighted by Crippen LogP contribution is 2.27. The lowest BCUT2D eigenvalue weighted by atomic mass is 9.91. The third kappa shape index (κ3) is 16.8. The zero-order chi connectivity index (χ0) is 59.3. The third-order valence-electron chi connectivity index (χ3n) is 15.4. The highest BCUT2D eigenvalue weighted by atomic mass is 16.6. The topological polar surface area (TPSA) is 285 Å². The number of nitrogens with zero attached hydrogens (tertiary/aromatic N) is 4. The number of hydrogen-bond acceptors (Lipinski definition) is 15. The number of ether oxygens (including phenoxy) is 3. The molecule has 3 aliphatic rings. The molecule has 3 aliphatic heterocycles. The molecule has 0 bridgehead atoms. The van der Waals surface area contributed by atoms with Crippen LogP contribution in [0.3, 0.4) is 0 Å². The number of cyclic esters (lactones) is 2. The molecule has 0 aliphatic carbocycles. The van der Waals surface area contributed by atoms with Crippen LogP contribution in [-0.2, 0) is 68.6 Å². The summed E-state index contributed by atoms with van der Waals surface area (Å²) in [4.78, 5) is 160. The Balaban J connectivity index is 1.89. The second-order valence-electron chi connectivity index (χ2n) is 22.8. The fraction of sp³-hybridized carbons (Fsp3) is 0.702. The van der Waals surface area contributed by atoms with E-state index in [0.717, 1.165) is 6.92 Å². The number of aliphatic hydroxyl groups is 1. The molecule has 4 rings (SSSR count). The van der Waals surface area contributed by atoms with Crippen molar-refractivity contribution in [3.63, 3.8) is 0 Å². The number of methoxy groups -OCH3 is 1. The lowest BCUT2D eigenvalue weighted by molar-refractivity contribution is -0.163. The summed E-state index contributed by atoms with van der Waals surface area (Å²) in [6, 6.07) is -2.32. The van der Waals surface area contributed by atoms with E-state index >= 15 is 0 Å².